The van der Waals surface area contributed by atoms with Crippen LogP contribution in [-0.2, 0) is 11.3 Å². The number of hydrogen-bond donors (Lipinski definition) is 1. The van der Waals surface area contributed by atoms with Crippen LogP contribution in [0.1, 0.15) is 5.56 Å². The van der Waals surface area contributed by atoms with Crippen LogP contribution in [0.2, 0.25) is 5.02 Å². The molecule has 1 aliphatic heterocycles. The van der Waals surface area contributed by atoms with Crippen molar-refractivity contribution in [2.45, 2.75) is 12.7 Å². The lowest BCUT2D eigenvalue weighted by molar-refractivity contribution is 0.00734. The zero-order chi connectivity index (χ0) is 9.97. The maximum absolute atomic E-state index is 5.84. The molecule has 1 aliphatic rings. The van der Waals surface area contributed by atoms with Crippen molar-refractivity contribution >= 4 is 27.5 Å². The highest BCUT2D eigenvalue weighted by atomic mass is 79.9. The predicted molar refractivity (Wildman–Crippen MR) is 60.6 cm³/mol. The van der Waals surface area contributed by atoms with E-state index in [0.717, 1.165) is 28.1 Å². The van der Waals surface area contributed by atoms with Gasteiger partial charge < -0.3 is 10.1 Å². The van der Waals surface area contributed by atoms with Gasteiger partial charge in [-0.2, -0.15) is 0 Å². The molecular formula is C10H11BrClNO. The van der Waals surface area contributed by atoms with Gasteiger partial charge in [-0.25, -0.2) is 0 Å². The van der Waals surface area contributed by atoms with Crippen LogP contribution in [0.4, 0.5) is 0 Å². The van der Waals surface area contributed by atoms with Crippen molar-refractivity contribution < 1.29 is 4.74 Å². The van der Waals surface area contributed by atoms with Gasteiger partial charge in [0.15, 0.2) is 0 Å². The van der Waals surface area contributed by atoms with Crippen molar-refractivity contribution in [2.75, 3.05) is 13.1 Å². The molecule has 0 aromatic heterocycles. The Morgan fingerprint density at radius 3 is 2.86 bits per heavy atom. The van der Waals surface area contributed by atoms with Crippen molar-refractivity contribution in [1.29, 1.82) is 0 Å². The van der Waals surface area contributed by atoms with Crippen molar-refractivity contribution in [3.05, 3.63) is 33.3 Å². The summed E-state index contributed by atoms with van der Waals surface area (Å²) in [5.41, 5.74) is 1.14. The van der Waals surface area contributed by atoms with Gasteiger partial charge in [-0.15, -0.1) is 0 Å². The van der Waals surface area contributed by atoms with E-state index in [1.54, 1.807) is 0 Å². The molecule has 0 bridgehead atoms. The molecule has 0 radical (unpaired) electrons. The summed E-state index contributed by atoms with van der Waals surface area (Å²) < 4.78 is 6.66. The van der Waals surface area contributed by atoms with Gasteiger partial charge in [-0.05, 0) is 17.7 Å². The van der Waals surface area contributed by atoms with E-state index in [9.17, 15) is 0 Å². The van der Waals surface area contributed by atoms with E-state index in [0.29, 0.717) is 12.7 Å². The molecular weight excluding hydrogens is 265 g/mol. The Morgan fingerprint density at radius 2 is 2.29 bits per heavy atom. The van der Waals surface area contributed by atoms with Gasteiger partial charge in [0.05, 0.1) is 12.7 Å². The Hall–Kier alpha value is -0.0900. The molecule has 0 amide bonds. The predicted octanol–water partition coefficient (Wildman–Crippen LogP) is 2.59. The molecule has 1 heterocycles. The zero-order valence-corrected chi connectivity index (χ0v) is 9.94. The second-order valence-corrected chi connectivity index (χ2v) is 4.62. The van der Waals surface area contributed by atoms with E-state index < -0.39 is 0 Å². The maximum atomic E-state index is 5.84. The summed E-state index contributed by atoms with van der Waals surface area (Å²) in [6.07, 6.45) is 0.373. The van der Waals surface area contributed by atoms with Crippen LogP contribution in [0, 0.1) is 0 Å². The highest BCUT2D eigenvalue weighted by Crippen LogP contribution is 2.22. The van der Waals surface area contributed by atoms with E-state index >= 15 is 0 Å². The van der Waals surface area contributed by atoms with Crippen LogP contribution in [0.25, 0.3) is 0 Å². The quantitative estimate of drug-likeness (QED) is 0.916. The Kier molecular flexibility index (Phi) is 3.44. The molecule has 76 valence electrons. The molecule has 1 fully saturated rings. The van der Waals surface area contributed by atoms with Crippen molar-refractivity contribution in [2.24, 2.45) is 0 Å². The van der Waals surface area contributed by atoms with Gasteiger partial charge in [0.1, 0.15) is 0 Å². The maximum Gasteiger partial charge on any atom is 0.0828 e. The molecule has 2 nitrogen and oxygen atoms in total. The number of halogens is 2. The highest BCUT2D eigenvalue weighted by molar-refractivity contribution is 9.10. The molecule has 14 heavy (non-hydrogen) atoms. The van der Waals surface area contributed by atoms with Gasteiger partial charge in [0, 0.05) is 22.6 Å². The first-order chi connectivity index (χ1) is 6.75. The lowest BCUT2D eigenvalue weighted by Gasteiger charge is -2.27. The molecule has 0 saturated carbocycles. The van der Waals surface area contributed by atoms with E-state index in [2.05, 4.69) is 21.2 Å². The fourth-order valence-corrected chi connectivity index (χ4v) is 2.02. The molecule has 4 heteroatoms. The molecule has 1 aromatic carbocycles. The molecule has 0 spiro atoms. The van der Waals surface area contributed by atoms with E-state index in [1.807, 2.05) is 18.2 Å². The van der Waals surface area contributed by atoms with Crippen LogP contribution in [-0.4, -0.2) is 19.2 Å². The minimum absolute atomic E-state index is 0.373. The number of nitrogens with one attached hydrogen (secondary N) is 1. The third kappa shape index (κ3) is 2.48. The van der Waals surface area contributed by atoms with Gasteiger partial charge >= 0.3 is 0 Å². The number of rotatable bonds is 3. The first kappa shape index (κ1) is 10.4. The van der Waals surface area contributed by atoms with Crippen molar-refractivity contribution in [3.63, 3.8) is 0 Å². The standard InChI is InChI=1S/C10H11BrClNO/c11-10-3-8(12)2-1-7(10)6-14-9-4-13-5-9/h1-3,9,13H,4-6H2. The summed E-state index contributed by atoms with van der Waals surface area (Å²) >= 11 is 9.29. The lowest BCUT2D eigenvalue weighted by Crippen LogP contribution is -2.48. The van der Waals surface area contributed by atoms with E-state index in [-0.39, 0.29) is 0 Å². The number of ether oxygens (including phenoxy) is 1. The monoisotopic (exact) mass is 275 g/mol. The topological polar surface area (TPSA) is 21.3 Å². The third-order valence-electron chi connectivity index (χ3n) is 2.23. The average Bonchev–Trinajstić information content (AvgIpc) is 2.05. The smallest absolute Gasteiger partial charge is 0.0828 e. The van der Waals surface area contributed by atoms with Gasteiger partial charge in [0.25, 0.3) is 0 Å². The summed E-state index contributed by atoms with van der Waals surface area (Å²) in [4.78, 5) is 0. The summed E-state index contributed by atoms with van der Waals surface area (Å²) in [6.45, 7) is 2.57. The number of benzene rings is 1. The van der Waals surface area contributed by atoms with Crippen molar-refractivity contribution in [1.82, 2.24) is 5.32 Å². The molecule has 0 aliphatic carbocycles. The van der Waals surface area contributed by atoms with E-state index in [1.165, 1.54) is 0 Å². The normalized spacial score (nSPS) is 16.7. The van der Waals surface area contributed by atoms with Gasteiger partial charge in [-0.3, -0.25) is 0 Å². The Morgan fingerprint density at radius 1 is 1.50 bits per heavy atom. The van der Waals surface area contributed by atoms with Gasteiger partial charge in [-0.1, -0.05) is 33.6 Å². The minimum atomic E-state index is 0.373. The first-order valence-electron chi connectivity index (χ1n) is 4.52. The SMILES string of the molecule is Clc1ccc(COC2CNC2)c(Br)c1. The fourth-order valence-electron chi connectivity index (χ4n) is 1.23. The Balaban J connectivity index is 1.94. The van der Waals surface area contributed by atoms with Crippen LogP contribution in [0.15, 0.2) is 22.7 Å². The summed E-state index contributed by atoms with van der Waals surface area (Å²) in [7, 11) is 0. The van der Waals surface area contributed by atoms with Crippen LogP contribution in [0.5, 0.6) is 0 Å². The first-order valence-corrected chi connectivity index (χ1v) is 5.69. The second kappa shape index (κ2) is 4.62. The molecule has 1 N–H and O–H groups in total. The van der Waals surface area contributed by atoms with Crippen molar-refractivity contribution in [3.8, 4) is 0 Å². The average molecular weight is 277 g/mol. The third-order valence-corrected chi connectivity index (χ3v) is 3.21. The Bertz CT molecular complexity index is 328. The molecule has 0 unspecified atom stereocenters. The summed E-state index contributed by atoms with van der Waals surface area (Å²) in [5, 5.41) is 3.90. The molecule has 1 aromatic rings. The molecule has 1 saturated heterocycles. The summed E-state index contributed by atoms with van der Waals surface area (Å²) in [5.74, 6) is 0. The summed E-state index contributed by atoms with van der Waals surface area (Å²) in [6, 6.07) is 5.75. The zero-order valence-electron chi connectivity index (χ0n) is 7.59. The van der Waals surface area contributed by atoms with E-state index in [4.69, 9.17) is 16.3 Å². The van der Waals surface area contributed by atoms with Crippen LogP contribution < -0.4 is 5.32 Å². The fraction of sp³-hybridized carbons (Fsp3) is 0.400. The van der Waals surface area contributed by atoms with Crippen LogP contribution in [0.3, 0.4) is 0 Å². The second-order valence-electron chi connectivity index (χ2n) is 3.33. The number of hydrogen-bond acceptors (Lipinski definition) is 2. The van der Waals surface area contributed by atoms with Crippen LogP contribution >= 0.6 is 27.5 Å². The minimum Gasteiger partial charge on any atom is -0.371 e. The van der Waals surface area contributed by atoms with Gasteiger partial charge in [0.2, 0.25) is 0 Å². The lowest BCUT2D eigenvalue weighted by atomic mass is 10.2. The largest absolute Gasteiger partial charge is 0.371 e. The molecule has 2 rings (SSSR count). The highest BCUT2D eigenvalue weighted by Gasteiger charge is 2.17. The molecule has 0 atom stereocenters. The Labute approximate surface area is 96.7 Å².